The van der Waals surface area contributed by atoms with Gasteiger partial charge in [0.05, 0.1) is 13.7 Å². The van der Waals surface area contributed by atoms with E-state index in [0.717, 1.165) is 49.1 Å². The number of aryl methyl sites for hydroxylation is 1. The zero-order valence-corrected chi connectivity index (χ0v) is 18.6. The van der Waals surface area contributed by atoms with Gasteiger partial charge in [-0.15, -0.1) is 0 Å². The SMILES string of the molecule is CCOc1cc(C)ccc1CNC(=NC)NCC1CCN(c2cccc(OC)c2)C1. The second-order valence-corrected chi connectivity index (χ2v) is 7.65. The van der Waals surface area contributed by atoms with E-state index in [4.69, 9.17) is 9.47 Å². The predicted molar refractivity (Wildman–Crippen MR) is 124 cm³/mol. The first-order chi connectivity index (χ1) is 14.6. The summed E-state index contributed by atoms with van der Waals surface area (Å²) in [5.41, 5.74) is 3.56. The quantitative estimate of drug-likeness (QED) is 0.514. The van der Waals surface area contributed by atoms with Crippen molar-refractivity contribution in [2.75, 3.05) is 45.3 Å². The number of hydrogen-bond donors (Lipinski definition) is 2. The van der Waals surface area contributed by atoms with Crippen molar-refractivity contribution in [3.63, 3.8) is 0 Å². The fraction of sp³-hybridized carbons (Fsp3) is 0.458. The van der Waals surface area contributed by atoms with E-state index in [-0.39, 0.29) is 0 Å². The van der Waals surface area contributed by atoms with Gasteiger partial charge in [-0.2, -0.15) is 0 Å². The molecule has 2 N–H and O–H groups in total. The van der Waals surface area contributed by atoms with Crippen LogP contribution in [0.5, 0.6) is 11.5 Å². The number of rotatable bonds is 8. The molecule has 6 heteroatoms. The molecule has 0 bridgehead atoms. The minimum absolute atomic E-state index is 0.577. The van der Waals surface area contributed by atoms with Crippen LogP contribution in [0.4, 0.5) is 5.69 Å². The summed E-state index contributed by atoms with van der Waals surface area (Å²) in [6.45, 7) is 8.42. The van der Waals surface area contributed by atoms with Gasteiger partial charge in [0.2, 0.25) is 0 Å². The van der Waals surface area contributed by atoms with Crippen LogP contribution < -0.4 is 25.0 Å². The molecule has 2 aromatic rings. The van der Waals surface area contributed by atoms with Crippen molar-refractivity contribution >= 4 is 11.6 Å². The minimum Gasteiger partial charge on any atom is -0.497 e. The van der Waals surface area contributed by atoms with Gasteiger partial charge >= 0.3 is 0 Å². The van der Waals surface area contributed by atoms with Crippen LogP contribution in [-0.4, -0.2) is 46.4 Å². The number of anilines is 1. The summed E-state index contributed by atoms with van der Waals surface area (Å²) in [6.07, 6.45) is 1.16. The summed E-state index contributed by atoms with van der Waals surface area (Å²) in [6, 6.07) is 14.6. The van der Waals surface area contributed by atoms with Gasteiger partial charge in [-0.3, -0.25) is 4.99 Å². The Morgan fingerprint density at radius 3 is 2.83 bits per heavy atom. The summed E-state index contributed by atoms with van der Waals surface area (Å²) in [5, 5.41) is 6.90. The molecule has 1 unspecified atom stereocenters. The fourth-order valence-corrected chi connectivity index (χ4v) is 3.78. The molecule has 1 aliphatic rings. The predicted octanol–water partition coefficient (Wildman–Crippen LogP) is 3.59. The highest BCUT2D eigenvalue weighted by Gasteiger charge is 2.23. The van der Waals surface area contributed by atoms with Crippen LogP contribution in [0.3, 0.4) is 0 Å². The van der Waals surface area contributed by atoms with Gasteiger partial charge in [-0.1, -0.05) is 18.2 Å². The first kappa shape index (κ1) is 21.8. The van der Waals surface area contributed by atoms with Crippen LogP contribution >= 0.6 is 0 Å². The van der Waals surface area contributed by atoms with E-state index in [9.17, 15) is 0 Å². The number of nitrogens with zero attached hydrogens (tertiary/aromatic N) is 2. The van der Waals surface area contributed by atoms with E-state index in [1.807, 2.05) is 26.1 Å². The molecule has 30 heavy (non-hydrogen) atoms. The highest BCUT2D eigenvalue weighted by molar-refractivity contribution is 5.79. The maximum absolute atomic E-state index is 5.78. The Labute approximate surface area is 180 Å². The van der Waals surface area contributed by atoms with E-state index in [1.54, 1.807) is 7.11 Å². The minimum atomic E-state index is 0.577. The van der Waals surface area contributed by atoms with E-state index in [1.165, 1.54) is 11.3 Å². The normalized spacial score (nSPS) is 16.5. The van der Waals surface area contributed by atoms with Gasteiger partial charge in [0, 0.05) is 50.5 Å². The molecular weight excluding hydrogens is 376 g/mol. The Hall–Kier alpha value is -2.89. The molecular formula is C24H34N4O2. The average Bonchev–Trinajstić information content (AvgIpc) is 3.24. The molecule has 1 fully saturated rings. The lowest BCUT2D eigenvalue weighted by atomic mass is 10.1. The molecule has 1 heterocycles. The number of nitrogens with one attached hydrogen (secondary N) is 2. The molecule has 1 aliphatic heterocycles. The van der Waals surface area contributed by atoms with Crippen LogP contribution in [0.25, 0.3) is 0 Å². The highest BCUT2D eigenvalue weighted by atomic mass is 16.5. The van der Waals surface area contributed by atoms with E-state index in [0.29, 0.717) is 19.1 Å². The van der Waals surface area contributed by atoms with Crippen molar-refractivity contribution in [2.45, 2.75) is 26.8 Å². The zero-order chi connectivity index (χ0) is 21.3. The third kappa shape index (κ3) is 5.81. The van der Waals surface area contributed by atoms with E-state index < -0.39 is 0 Å². The molecule has 0 radical (unpaired) electrons. The number of ether oxygens (including phenoxy) is 2. The molecule has 2 aromatic carbocycles. The standard InChI is InChI=1S/C24H34N4O2/c1-5-30-23-13-18(2)9-10-20(23)16-27-24(25-3)26-15-19-11-12-28(17-19)21-7-6-8-22(14-21)29-4/h6-10,13-14,19H,5,11-12,15-17H2,1-4H3,(H2,25,26,27). The molecule has 1 atom stereocenters. The lowest BCUT2D eigenvalue weighted by Gasteiger charge is -2.20. The Morgan fingerprint density at radius 1 is 1.20 bits per heavy atom. The Morgan fingerprint density at radius 2 is 2.07 bits per heavy atom. The van der Waals surface area contributed by atoms with Crippen molar-refractivity contribution in [1.29, 1.82) is 0 Å². The number of guanidine groups is 1. The first-order valence-corrected chi connectivity index (χ1v) is 10.7. The van der Waals surface area contributed by atoms with E-state index in [2.05, 4.69) is 57.8 Å². The van der Waals surface area contributed by atoms with Crippen molar-refractivity contribution in [2.24, 2.45) is 10.9 Å². The zero-order valence-electron chi connectivity index (χ0n) is 18.6. The lowest BCUT2D eigenvalue weighted by Crippen LogP contribution is -2.40. The summed E-state index contributed by atoms with van der Waals surface area (Å²) >= 11 is 0. The third-order valence-electron chi connectivity index (χ3n) is 5.45. The summed E-state index contributed by atoms with van der Waals surface area (Å²) < 4.78 is 11.1. The summed E-state index contributed by atoms with van der Waals surface area (Å²) in [5.74, 6) is 3.23. The van der Waals surface area contributed by atoms with Crippen LogP contribution in [0, 0.1) is 12.8 Å². The maximum Gasteiger partial charge on any atom is 0.191 e. The second kappa shape index (κ2) is 10.8. The van der Waals surface area contributed by atoms with Gasteiger partial charge in [-0.05, 0) is 49.9 Å². The molecule has 6 nitrogen and oxygen atoms in total. The molecule has 0 aromatic heterocycles. The first-order valence-electron chi connectivity index (χ1n) is 10.7. The molecule has 162 valence electrons. The molecule has 1 saturated heterocycles. The number of methoxy groups -OCH3 is 1. The van der Waals surface area contributed by atoms with Gasteiger partial charge in [-0.25, -0.2) is 0 Å². The lowest BCUT2D eigenvalue weighted by molar-refractivity contribution is 0.336. The van der Waals surface area contributed by atoms with Crippen LogP contribution in [0.1, 0.15) is 24.5 Å². The average molecular weight is 411 g/mol. The van der Waals surface area contributed by atoms with Gasteiger partial charge < -0.3 is 25.0 Å². The molecule has 3 rings (SSSR count). The smallest absolute Gasteiger partial charge is 0.191 e. The second-order valence-electron chi connectivity index (χ2n) is 7.65. The number of hydrogen-bond acceptors (Lipinski definition) is 4. The fourth-order valence-electron chi connectivity index (χ4n) is 3.78. The van der Waals surface area contributed by atoms with Crippen LogP contribution in [0.2, 0.25) is 0 Å². The van der Waals surface area contributed by atoms with Gasteiger partial charge in [0.15, 0.2) is 5.96 Å². The molecule has 0 aliphatic carbocycles. The largest absolute Gasteiger partial charge is 0.497 e. The number of benzene rings is 2. The Kier molecular flexibility index (Phi) is 7.82. The number of aliphatic imine (C=N–C) groups is 1. The van der Waals surface area contributed by atoms with Crippen LogP contribution in [-0.2, 0) is 6.54 Å². The monoisotopic (exact) mass is 410 g/mol. The Bertz CT molecular complexity index is 853. The maximum atomic E-state index is 5.78. The summed E-state index contributed by atoms with van der Waals surface area (Å²) in [7, 11) is 3.52. The molecule has 0 saturated carbocycles. The van der Waals surface area contributed by atoms with Crippen molar-refractivity contribution < 1.29 is 9.47 Å². The molecule has 0 amide bonds. The van der Waals surface area contributed by atoms with Gasteiger partial charge in [0.1, 0.15) is 11.5 Å². The topological polar surface area (TPSA) is 58.1 Å². The van der Waals surface area contributed by atoms with Crippen molar-refractivity contribution in [1.82, 2.24) is 10.6 Å². The van der Waals surface area contributed by atoms with Crippen LogP contribution in [0.15, 0.2) is 47.5 Å². The van der Waals surface area contributed by atoms with Gasteiger partial charge in [0.25, 0.3) is 0 Å². The molecule has 0 spiro atoms. The van der Waals surface area contributed by atoms with Crippen molar-refractivity contribution in [3.05, 3.63) is 53.6 Å². The summed E-state index contributed by atoms with van der Waals surface area (Å²) in [4.78, 5) is 6.80. The highest BCUT2D eigenvalue weighted by Crippen LogP contribution is 2.26. The Balaban J connectivity index is 1.49. The van der Waals surface area contributed by atoms with Crippen molar-refractivity contribution in [3.8, 4) is 11.5 Å². The third-order valence-corrected chi connectivity index (χ3v) is 5.45. The van der Waals surface area contributed by atoms with E-state index >= 15 is 0 Å².